The summed E-state index contributed by atoms with van der Waals surface area (Å²) in [5.74, 6) is 0. The lowest BCUT2D eigenvalue weighted by Crippen LogP contribution is -2.35. The average Bonchev–Trinajstić information content (AvgIpc) is 2.03. The maximum absolute atomic E-state index is 12.1. The third-order valence-electron chi connectivity index (χ3n) is 1.97. The maximum atomic E-state index is 12.1. The monoisotopic (exact) mass is 275 g/mol. The molecule has 14 heavy (non-hydrogen) atoms. The van der Waals surface area contributed by atoms with Gasteiger partial charge in [-0.3, -0.25) is 0 Å². The SMILES string of the molecule is CCCCCN(C)CC(Br)C(F)(F)F. The van der Waals surface area contributed by atoms with Crippen molar-refractivity contribution in [3.8, 4) is 0 Å². The Morgan fingerprint density at radius 2 is 1.86 bits per heavy atom. The fourth-order valence-electron chi connectivity index (χ4n) is 1.10. The first-order chi connectivity index (χ1) is 6.38. The van der Waals surface area contributed by atoms with E-state index in [1.165, 1.54) is 0 Å². The van der Waals surface area contributed by atoms with Gasteiger partial charge in [0.15, 0.2) is 0 Å². The topological polar surface area (TPSA) is 3.24 Å². The molecule has 1 atom stereocenters. The van der Waals surface area contributed by atoms with E-state index < -0.39 is 11.0 Å². The zero-order chi connectivity index (χ0) is 11.2. The fraction of sp³-hybridized carbons (Fsp3) is 1.00. The molecule has 0 aliphatic heterocycles. The van der Waals surface area contributed by atoms with Gasteiger partial charge < -0.3 is 4.90 Å². The lowest BCUT2D eigenvalue weighted by Gasteiger charge is -2.21. The minimum atomic E-state index is -4.14. The van der Waals surface area contributed by atoms with E-state index in [1.54, 1.807) is 11.9 Å². The molecule has 0 N–H and O–H groups in total. The fourth-order valence-corrected chi connectivity index (χ4v) is 1.59. The van der Waals surface area contributed by atoms with Gasteiger partial charge in [-0.15, -0.1) is 0 Å². The van der Waals surface area contributed by atoms with E-state index in [0.29, 0.717) is 0 Å². The Hall–Kier alpha value is 0.230. The summed E-state index contributed by atoms with van der Waals surface area (Å²) in [4.78, 5) is 0.296. The smallest absolute Gasteiger partial charge is 0.305 e. The van der Waals surface area contributed by atoms with Crippen LogP contribution in [0.1, 0.15) is 26.2 Å². The molecule has 0 fully saturated rings. The Morgan fingerprint density at radius 3 is 2.29 bits per heavy atom. The highest BCUT2D eigenvalue weighted by Gasteiger charge is 2.37. The minimum absolute atomic E-state index is 0.0210. The molecule has 0 aliphatic rings. The quantitative estimate of drug-likeness (QED) is 0.530. The van der Waals surface area contributed by atoms with E-state index in [9.17, 15) is 13.2 Å². The molecular weight excluding hydrogens is 259 g/mol. The van der Waals surface area contributed by atoms with Crippen molar-refractivity contribution in [2.24, 2.45) is 0 Å². The summed E-state index contributed by atoms with van der Waals surface area (Å²) in [6, 6.07) is 0. The second-order valence-corrected chi connectivity index (χ2v) is 4.58. The van der Waals surface area contributed by atoms with Crippen LogP contribution in [0, 0.1) is 0 Å². The zero-order valence-electron chi connectivity index (χ0n) is 8.57. The van der Waals surface area contributed by atoms with Gasteiger partial charge in [0.1, 0.15) is 4.83 Å². The number of halogens is 4. The van der Waals surface area contributed by atoms with Gasteiger partial charge in [0, 0.05) is 6.54 Å². The van der Waals surface area contributed by atoms with E-state index in [1.807, 2.05) is 0 Å². The second-order valence-electron chi connectivity index (χ2n) is 3.48. The molecule has 0 bridgehead atoms. The lowest BCUT2D eigenvalue weighted by molar-refractivity contribution is -0.129. The van der Waals surface area contributed by atoms with Crippen LogP contribution in [0.4, 0.5) is 13.2 Å². The van der Waals surface area contributed by atoms with Crippen molar-refractivity contribution in [2.75, 3.05) is 20.1 Å². The molecule has 86 valence electrons. The first kappa shape index (κ1) is 14.2. The molecule has 1 nitrogen and oxygen atoms in total. The third-order valence-corrected chi connectivity index (χ3v) is 2.78. The van der Waals surface area contributed by atoms with E-state index in [0.717, 1.165) is 25.8 Å². The molecule has 0 aliphatic carbocycles. The van der Waals surface area contributed by atoms with E-state index in [2.05, 4.69) is 22.9 Å². The van der Waals surface area contributed by atoms with Gasteiger partial charge in [-0.25, -0.2) is 0 Å². The van der Waals surface area contributed by atoms with Gasteiger partial charge in [-0.05, 0) is 20.0 Å². The molecular formula is C9H17BrF3N. The highest BCUT2D eigenvalue weighted by Crippen LogP contribution is 2.26. The molecule has 5 heteroatoms. The third kappa shape index (κ3) is 6.65. The van der Waals surface area contributed by atoms with Gasteiger partial charge in [0.2, 0.25) is 0 Å². The Kier molecular flexibility index (Phi) is 6.78. The molecule has 0 aromatic carbocycles. The summed E-state index contributed by atoms with van der Waals surface area (Å²) in [6.07, 6.45) is -1.02. The summed E-state index contributed by atoms with van der Waals surface area (Å²) in [7, 11) is 1.72. The van der Waals surface area contributed by atoms with Crippen molar-refractivity contribution in [3.05, 3.63) is 0 Å². The number of nitrogens with zero attached hydrogens (tertiary/aromatic N) is 1. The number of hydrogen-bond donors (Lipinski definition) is 0. The van der Waals surface area contributed by atoms with E-state index in [-0.39, 0.29) is 6.54 Å². The molecule has 1 unspecified atom stereocenters. The van der Waals surface area contributed by atoms with Crippen molar-refractivity contribution in [2.45, 2.75) is 37.2 Å². The number of hydrogen-bond acceptors (Lipinski definition) is 1. The minimum Gasteiger partial charge on any atom is -0.305 e. The molecule has 0 aromatic rings. The Balaban J connectivity index is 3.66. The van der Waals surface area contributed by atoms with Crippen LogP contribution >= 0.6 is 15.9 Å². The summed E-state index contributed by atoms with van der Waals surface area (Å²) in [5.41, 5.74) is 0. The number of unbranched alkanes of at least 4 members (excludes halogenated alkanes) is 2. The van der Waals surface area contributed by atoms with Crippen LogP contribution in [0.3, 0.4) is 0 Å². The summed E-state index contributed by atoms with van der Waals surface area (Å²) < 4.78 is 36.4. The van der Waals surface area contributed by atoms with Gasteiger partial charge >= 0.3 is 6.18 Å². The molecule has 0 amide bonds. The predicted octanol–water partition coefficient (Wildman–Crippen LogP) is 3.43. The van der Waals surface area contributed by atoms with Crippen LogP contribution in [-0.4, -0.2) is 36.0 Å². The van der Waals surface area contributed by atoms with Gasteiger partial charge in [0.05, 0.1) is 0 Å². The first-order valence-corrected chi connectivity index (χ1v) is 5.68. The standard InChI is InChI=1S/C9H17BrF3N/c1-3-4-5-6-14(2)7-8(10)9(11,12)13/h8H,3-7H2,1-2H3. The largest absolute Gasteiger partial charge is 0.402 e. The van der Waals surface area contributed by atoms with Crippen LogP contribution in [0.5, 0.6) is 0 Å². The van der Waals surface area contributed by atoms with Crippen LogP contribution in [0.15, 0.2) is 0 Å². The number of alkyl halides is 4. The first-order valence-electron chi connectivity index (χ1n) is 4.77. The zero-order valence-corrected chi connectivity index (χ0v) is 10.2. The molecule has 0 aromatic heterocycles. The molecule has 0 spiro atoms. The number of rotatable bonds is 6. The lowest BCUT2D eigenvalue weighted by atomic mass is 10.2. The maximum Gasteiger partial charge on any atom is 0.402 e. The van der Waals surface area contributed by atoms with Crippen LogP contribution in [0.2, 0.25) is 0 Å². The van der Waals surface area contributed by atoms with Crippen LogP contribution in [-0.2, 0) is 0 Å². The van der Waals surface area contributed by atoms with Crippen LogP contribution in [0.25, 0.3) is 0 Å². The van der Waals surface area contributed by atoms with Crippen molar-refractivity contribution in [1.82, 2.24) is 4.90 Å². The second kappa shape index (κ2) is 6.67. The molecule has 0 rings (SSSR count). The predicted molar refractivity (Wildman–Crippen MR) is 55.8 cm³/mol. The van der Waals surface area contributed by atoms with Gasteiger partial charge in [-0.2, -0.15) is 13.2 Å². The van der Waals surface area contributed by atoms with Crippen LogP contribution < -0.4 is 0 Å². The van der Waals surface area contributed by atoms with Gasteiger partial charge in [-0.1, -0.05) is 35.7 Å². The summed E-state index contributed by atoms with van der Waals surface area (Å²) in [6.45, 7) is 2.82. The highest BCUT2D eigenvalue weighted by molar-refractivity contribution is 9.09. The summed E-state index contributed by atoms with van der Waals surface area (Å²) in [5, 5.41) is 0. The molecule has 0 saturated carbocycles. The van der Waals surface area contributed by atoms with E-state index >= 15 is 0 Å². The molecule has 0 heterocycles. The van der Waals surface area contributed by atoms with E-state index in [4.69, 9.17) is 0 Å². The Labute approximate surface area is 91.8 Å². The summed E-state index contributed by atoms with van der Waals surface area (Å²) >= 11 is 2.64. The van der Waals surface area contributed by atoms with Gasteiger partial charge in [0.25, 0.3) is 0 Å². The Bertz CT molecular complexity index is 149. The molecule has 0 saturated heterocycles. The highest BCUT2D eigenvalue weighted by atomic mass is 79.9. The average molecular weight is 276 g/mol. The van der Waals surface area contributed by atoms with Crippen molar-refractivity contribution < 1.29 is 13.2 Å². The Morgan fingerprint density at radius 1 is 1.29 bits per heavy atom. The van der Waals surface area contributed by atoms with Crippen molar-refractivity contribution in [3.63, 3.8) is 0 Å². The normalized spacial score (nSPS) is 14.8. The molecule has 0 radical (unpaired) electrons. The van der Waals surface area contributed by atoms with Crippen molar-refractivity contribution in [1.29, 1.82) is 0 Å². The van der Waals surface area contributed by atoms with Crippen molar-refractivity contribution >= 4 is 15.9 Å².